The maximum absolute atomic E-state index is 13.1. The normalized spacial score (nSPS) is 16.1. The van der Waals surface area contributed by atoms with Gasteiger partial charge in [0.25, 0.3) is 0 Å². The number of carbonyl (C=O) groups is 1. The lowest BCUT2D eigenvalue weighted by Gasteiger charge is -2.36. The lowest BCUT2D eigenvalue weighted by molar-refractivity contribution is -0.137. The number of nitrogens with zero attached hydrogens (tertiary/aromatic N) is 3. The van der Waals surface area contributed by atoms with Crippen LogP contribution in [0.2, 0.25) is 0 Å². The maximum Gasteiger partial charge on any atom is 0.416 e. The fourth-order valence-electron chi connectivity index (χ4n) is 3.52. The molecule has 0 spiro atoms. The number of carbonyl (C=O) groups excluding carboxylic acids is 1. The Kier molecular flexibility index (Phi) is 5.27. The van der Waals surface area contributed by atoms with Crippen LogP contribution in [-0.4, -0.2) is 54.4 Å². The molecule has 0 aromatic heterocycles. The van der Waals surface area contributed by atoms with Gasteiger partial charge in [0.05, 0.1) is 11.1 Å². The smallest absolute Gasteiger partial charge is 0.416 e. The minimum absolute atomic E-state index is 0.0632. The average Bonchev–Trinajstić information content (AvgIpc) is 2.89. The van der Waals surface area contributed by atoms with Crippen molar-refractivity contribution in [2.75, 3.05) is 32.7 Å². The number of alkyl halides is 3. The minimum Gasteiger partial charge on any atom is -0.454 e. The van der Waals surface area contributed by atoms with Crippen molar-refractivity contribution in [3.8, 4) is 11.5 Å². The number of benzene rings is 2. The van der Waals surface area contributed by atoms with Crippen molar-refractivity contribution in [1.82, 2.24) is 15.1 Å². The number of amidine groups is 1. The summed E-state index contributed by atoms with van der Waals surface area (Å²) in [5.74, 6) is 1.13. The Hall–Kier alpha value is -3.23. The van der Waals surface area contributed by atoms with Gasteiger partial charge in [-0.2, -0.15) is 13.2 Å². The number of halogens is 3. The van der Waals surface area contributed by atoms with Gasteiger partial charge in [-0.3, -0.25) is 0 Å². The third-order valence-corrected chi connectivity index (χ3v) is 5.06. The van der Waals surface area contributed by atoms with Gasteiger partial charge >= 0.3 is 12.2 Å². The van der Waals surface area contributed by atoms with Gasteiger partial charge < -0.3 is 19.9 Å². The molecule has 30 heavy (non-hydrogen) atoms. The summed E-state index contributed by atoms with van der Waals surface area (Å²) in [5.41, 5.74) is 0.252. The number of piperazine rings is 1. The molecule has 6 nitrogen and oxygen atoms in total. The summed E-state index contributed by atoms with van der Waals surface area (Å²) in [6.07, 6.45) is -4.47. The van der Waals surface area contributed by atoms with E-state index in [2.05, 4.69) is 10.3 Å². The molecule has 2 aliphatic rings. The lowest BCUT2D eigenvalue weighted by atomic mass is 10.1. The molecule has 9 heteroatoms. The molecule has 2 aromatic rings. The molecule has 2 heterocycles. The van der Waals surface area contributed by atoms with E-state index >= 15 is 0 Å². The third kappa shape index (κ3) is 3.92. The summed E-state index contributed by atoms with van der Waals surface area (Å²) < 4.78 is 45.3. The highest BCUT2D eigenvalue weighted by Gasteiger charge is 2.33. The van der Waals surface area contributed by atoms with Gasteiger partial charge in [0.15, 0.2) is 5.75 Å². The average molecular weight is 418 g/mol. The van der Waals surface area contributed by atoms with E-state index in [0.717, 1.165) is 12.1 Å². The zero-order chi connectivity index (χ0) is 21.3. The predicted octanol–water partition coefficient (Wildman–Crippen LogP) is 4.24. The zero-order valence-corrected chi connectivity index (χ0v) is 16.4. The Bertz CT molecular complexity index is 982. The molecule has 1 saturated heterocycles. The summed E-state index contributed by atoms with van der Waals surface area (Å²) in [6.45, 7) is 4.59. The summed E-state index contributed by atoms with van der Waals surface area (Å²) in [6, 6.07) is 10.4. The number of nitrogens with one attached hydrogen (secondary N) is 1. The molecule has 0 unspecified atom stereocenters. The number of fused-ring (bicyclic) bond motifs is 2. The minimum atomic E-state index is -4.47. The van der Waals surface area contributed by atoms with Crippen molar-refractivity contribution in [3.63, 3.8) is 0 Å². The van der Waals surface area contributed by atoms with Crippen molar-refractivity contribution < 1.29 is 22.7 Å². The van der Waals surface area contributed by atoms with Crippen LogP contribution in [0.25, 0.3) is 0 Å². The maximum atomic E-state index is 13.1. The first-order chi connectivity index (χ1) is 14.4. The molecule has 158 valence electrons. The summed E-state index contributed by atoms with van der Waals surface area (Å²) in [4.78, 5) is 20.5. The van der Waals surface area contributed by atoms with Crippen molar-refractivity contribution in [3.05, 3.63) is 53.6 Å². The highest BCUT2D eigenvalue weighted by Crippen LogP contribution is 2.41. The standard InChI is InChI=1S/C21H21F3N4O2/c1-2-25-20(29)28-11-9-27(10-12-28)19-15-5-3-4-6-17(15)30-18-13-14(21(22,23)24)7-8-16(18)26-19/h3-8,13H,2,9-12H2,1H3,(H,25,29). The first-order valence-corrected chi connectivity index (χ1v) is 9.71. The SMILES string of the molecule is CCNC(=O)N1CCN(C2=Nc3ccc(C(F)(F)F)cc3Oc3ccccc32)CC1. The van der Waals surface area contributed by atoms with Crippen LogP contribution in [0.1, 0.15) is 18.1 Å². The van der Waals surface area contributed by atoms with Gasteiger partial charge in [-0.05, 0) is 37.3 Å². The van der Waals surface area contributed by atoms with Crippen LogP contribution in [-0.2, 0) is 6.18 Å². The van der Waals surface area contributed by atoms with Crippen LogP contribution in [0.15, 0.2) is 47.5 Å². The second-order valence-electron chi connectivity index (χ2n) is 7.02. The van der Waals surface area contributed by atoms with E-state index in [-0.39, 0.29) is 11.8 Å². The van der Waals surface area contributed by atoms with Crippen LogP contribution in [0, 0.1) is 0 Å². The number of para-hydroxylation sites is 1. The van der Waals surface area contributed by atoms with E-state index < -0.39 is 11.7 Å². The molecular weight excluding hydrogens is 397 g/mol. The van der Waals surface area contributed by atoms with E-state index in [1.54, 1.807) is 17.0 Å². The molecule has 1 fully saturated rings. The molecule has 4 rings (SSSR count). The number of rotatable bonds is 1. The molecule has 1 N–H and O–H groups in total. The predicted molar refractivity (Wildman–Crippen MR) is 106 cm³/mol. The topological polar surface area (TPSA) is 57.2 Å². The molecule has 2 aromatic carbocycles. The first-order valence-electron chi connectivity index (χ1n) is 9.71. The molecule has 2 aliphatic heterocycles. The van der Waals surface area contributed by atoms with Crippen molar-refractivity contribution in [2.45, 2.75) is 13.1 Å². The third-order valence-electron chi connectivity index (χ3n) is 5.06. The second kappa shape index (κ2) is 7.89. The van der Waals surface area contributed by atoms with Gasteiger partial charge in [-0.25, -0.2) is 9.79 Å². The molecule has 0 bridgehead atoms. The largest absolute Gasteiger partial charge is 0.454 e. The Balaban J connectivity index is 1.67. The van der Waals surface area contributed by atoms with E-state index in [9.17, 15) is 18.0 Å². The molecule has 0 radical (unpaired) electrons. The van der Waals surface area contributed by atoms with Crippen LogP contribution >= 0.6 is 0 Å². The number of aliphatic imine (C=N–C) groups is 1. The fraction of sp³-hybridized carbons (Fsp3) is 0.333. The van der Waals surface area contributed by atoms with Gasteiger partial charge in [0, 0.05) is 32.7 Å². The van der Waals surface area contributed by atoms with Crippen molar-refractivity contribution >= 4 is 17.6 Å². The van der Waals surface area contributed by atoms with Crippen LogP contribution in [0.3, 0.4) is 0 Å². The fourth-order valence-corrected chi connectivity index (χ4v) is 3.52. The Morgan fingerprint density at radius 1 is 1.10 bits per heavy atom. The van der Waals surface area contributed by atoms with Gasteiger partial charge in [-0.15, -0.1) is 0 Å². The summed E-state index contributed by atoms with van der Waals surface area (Å²) >= 11 is 0. The monoisotopic (exact) mass is 418 g/mol. The number of amides is 2. The van der Waals surface area contributed by atoms with Crippen LogP contribution in [0.5, 0.6) is 11.5 Å². The van der Waals surface area contributed by atoms with Crippen LogP contribution < -0.4 is 10.1 Å². The van der Waals surface area contributed by atoms with E-state index in [1.807, 2.05) is 24.0 Å². The van der Waals surface area contributed by atoms with Gasteiger partial charge in [-0.1, -0.05) is 12.1 Å². The van der Waals surface area contributed by atoms with Gasteiger partial charge in [0.2, 0.25) is 0 Å². The van der Waals surface area contributed by atoms with E-state index in [4.69, 9.17) is 4.74 Å². The summed E-state index contributed by atoms with van der Waals surface area (Å²) in [5, 5.41) is 2.79. The molecule has 0 saturated carbocycles. The summed E-state index contributed by atoms with van der Waals surface area (Å²) in [7, 11) is 0. The highest BCUT2D eigenvalue weighted by atomic mass is 19.4. The first kappa shape index (κ1) is 20.1. The quantitative estimate of drug-likeness (QED) is 0.754. The van der Waals surface area contributed by atoms with Crippen molar-refractivity contribution in [2.24, 2.45) is 4.99 Å². The van der Waals surface area contributed by atoms with E-state index in [1.165, 1.54) is 6.07 Å². The number of urea groups is 1. The lowest BCUT2D eigenvalue weighted by Crippen LogP contribution is -2.53. The van der Waals surface area contributed by atoms with Gasteiger partial charge in [0.1, 0.15) is 17.3 Å². The van der Waals surface area contributed by atoms with Crippen LogP contribution in [0.4, 0.5) is 23.7 Å². The Morgan fingerprint density at radius 2 is 1.83 bits per heavy atom. The Labute approximate surface area is 171 Å². The molecule has 0 atom stereocenters. The van der Waals surface area contributed by atoms with E-state index in [0.29, 0.717) is 55.6 Å². The number of hydrogen-bond acceptors (Lipinski definition) is 4. The number of hydrogen-bond donors (Lipinski definition) is 1. The second-order valence-corrected chi connectivity index (χ2v) is 7.02. The molecular formula is C21H21F3N4O2. The molecule has 2 amide bonds. The molecule has 0 aliphatic carbocycles. The zero-order valence-electron chi connectivity index (χ0n) is 16.4. The Morgan fingerprint density at radius 3 is 2.53 bits per heavy atom. The highest BCUT2D eigenvalue weighted by molar-refractivity contribution is 6.03. The number of ether oxygens (including phenoxy) is 1. The van der Waals surface area contributed by atoms with Crippen molar-refractivity contribution in [1.29, 1.82) is 0 Å².